The van der Waals surface area contributed by atoms with Gasteiger partial charge in [0.25, 0.3) is 0 Å². The predicted octanol–water partition coefficient (Wildman–Crippen LogP) is 4.53. The van der Waals surface area contributed by atoms with E-state index in [0.717, 1.165) is 0 Å². The van der Waals surface area contributed by atoms with Crippen LogP contribution in [-0.4, -0.2) is 26.4 Å². The second-order valence-electron chi connectivity index (χ2n) is 5.83. The van der Waals surface area contributed by atoms with E-state index in [0.29, 0.717) is 22.2 Å². The summed E-state index contributed by atoms with van der Waals surface area (Å²) >= 11 is 12.1. The lowest BCUT2D eigenvalue weighted by atomic mass is 9.92. The Morgan fingerprint density at radius 2 is 2.17 bits per heavy atom. The summed E-state index contributed by atoms with van der Waals surface area (Å²) in [5.74, 6) is 0.475. The molecule has 0 fully saturated rings. The largest absolute Gasteiger partial charge is 0.484 e. The molecule has 0 saturated carbocycles. The van der Waals surface area contributed by atoms with E-state index in [1.807, 2.05) is 24.6 Å². The third kappa shape index (κ3) is 4.28. The highest BCUT2D eigenvalue weighted by Crippen LogP contribution is 2.34. The Balaban J connectivity index is 2.23. The molecule has 0 radical (unpaired) electrons. The van der Waals surface area contributed by atoms with Crippen LogP contribution in [0.4, 0.5) is 0 Å². The number of aliphatic hydroxyl groups is 1. The van der Waals surface area contributed by atoms with E-state index in [4.69, 9.17) is 27.9 Å². The Morgan fingerprint density at radius 3 is 2.74 bits per heavy atom. The van der Waals surface area contributed by atoms with E-state index in [2.05, 4.69) is 11.6 Å². The molecule has 2 unspecified atom stereocenters. The van der Waals surface area contributed by atoms with Gasteiger partial charge in [0.05, 0.1) is 17.4 Å². The number of rotatable bonds is 7. The molecule has 0 aliphatic heterocycles. The van der Waals surface area contributed by atoms with Crippen molar-refractivity contribution >= 4 is 23.2 Å². The molecule has 2 rings (SSSR count). The molecule has 0 aliphatic rings. The van der Waals surface area contributed by atoms with Crippen molar-refractivity contribution in [2.75, 3.05) is 0 Å². The van der Waals surface area contributed by atoms with Crippen molar-refractivity contribution in [3.63, 3.8) is 0 Å². The van der Waals surface area contributed by atoms with Gasteiger partial charge in [-0.05, 0) is 38.5 Å². The number of aliphatic hydroxyl groups excluding tert-OH is 1. The molecule has 1 aromatic heterocycles. The van der Waals surface area contributed by atoms with Crippen LogP contribution in [0.25, 0.3) is 0 Å². The molecule has 0 saturated heterocycles. The van der Waals surface area contributed by atoms with Gasteiger partial charge in [0.15, 0.2) is 0 Å². The fourth-order valence-corrected chi connectivity index (χ4v) is 2.86. The van der Waals surface area contributed by atoms with E-state index >= 15 is 0 Å². The highest BCUT2D eigenvalue weighted by atomic mass is 35.5. The first-order valence-electron chi connectivity index (χ1n) is 7.25. The van der Waals surface area contributed by atoms with Crippen molar-refractivity contribution in [3.05, 3.63) is 59.6 Å². The normalized spacial score (nSPS) is 14.3. The minimum Gasteiger partial charge on any atom is -0.484 e. The number of allylic oxidation sites excluding steroid dienone is 1. The quantitative estimate of drug-likeness (QED) is 0.743. The summed E-state index contributed by atoms with van der Waals surface area (Å²) in [4.78, 5) is 4.04. The van der Waals surface area contributed by atoms with Crippen molar-refractivity contribution in [1.29, 1.82) is 0 Å². The Morgan fingerprint density at radius 1 is 1.43 bits per heavy atom. The fourth-order valence-electron chi connectivity index (χ4n) is 2.42. The van der Waals surface area contributed by atoms with Gasteiger partial charge in [-0.3, -0.25) is 0 Å². The lowest BCUT2D eigenvalue weighted by molar-refractivity contribution is -0.0552. The molecule has 2 aromatic rings. The van der Waals surface area contributed by atoms with Crippen molar-refractivity contribution < 1.29 is 9.84 Å². The van der Waals surface area contributed by atoms with E-state index in [-0.39, 0.29) is 6.04 Å². The number of halogens is 2. The van der Waals surface area contributed by atoms with Gasteiger partial charge in [-0.15, -0.1) is 6.58 Å². The van der Waals surface area contributed by atoms with Crippen molar-refractivity contribution in [1.82, 2.24) is 9.55 Å². The average molecular weight is 355 g/mol. The summed E-state index contributed by atoms with van der Waals surface area (Å²) in [6, 6.07) is 4.76. The van der Waals surface area contributed by atoms with Crippen molar-refractivity contribution in [3.8, 4) is 5.75 Å². The second-order valence-corrected chi connectivity index (χ2v) is 6.67. The predicted molar refractivity (Wildman–Crippen MR) is 93.3 cm³/mol. The highest BCUT2D eigenvalue weighted by molar-refractivity contribution is 6.35. The SMILES string of the molecule is C=CCC(C(O)C(C)(C)Oc1ccc(Cl)cc1Cl)n1ccnc1. The smallest absolute Gasteiger partial charge is 0.138 e. The summed E-state index contributed by atoms with van der Waals surface area (Å²) in [7, 11) is 0. The molecular formula is C17H20Cl2N2O2. The van der Waals surface area contributed by atoms with Crippen molar-refractivity contribution in [2.24, 2.45) is 0 Å². The Kier molecular flexibility index (Phi) is 5.74. The molecular weight excluding hydrogens is 335 g/mol. The molecule has 1 aromatic carbocycles. The van der Waals surface area contributed by atoms with Gasteiger partial charge in [-0.25, -0.2) is 4.98 Å². The summed E-state index contributed by atoms with van der Waals surface area (Å²) < 4.78 is 7.81. The summed E-state index contributed by atoms with van der Waals surface area (Å²) in [6.45, 7) is 7.39. The van der Waals surface area contributed by atoms with Crippen LogP contribution in [0, 0.1) is 0 Å². The van der Waals surface area contributed by atoms with Gasteiger partial charge in [0.1, 0.15) is 17.5 Å². The van der Waals surface area contributed by atoms with Crippen LogP contribution >= 0.6 is 23.2 Å². The highest BCUT2D eigenvalue weighted by Gasteiger charge is 2.37. The molecule has 0 amide bonds. The molecule has 0 aliphatic carbocycles. The van der Waals surface area contributed by atoms with Crippen LogP contribution in [-0.2, 0) is 0 Å². The monoisotopic (exact) mass is 354 g/mol. The Bertz CT molecular complexity index is 657. The van der Waals surface area contributed by atoms with Crippen molar-refractivity contribution in [2.45, 2.75) is 38.0 Å². The zero-order valence-electron chi connectivity index (χ0n) is 13.1. The van der Waals surface area contributed by atoms with E-state index in [9.17, 15) is 5.11 Å². The van der Waals surface area contributed by atoms with Gasteiger partial charge in [-0.2, -0.15) is 0 Å². The minimum absolute atomic E-state index is 0.240. The number of imidazole rings is 1. The number of hydrogen-bond acceptors (Lipinski definition) is 3. The first-order chi connectivity index (χ1) is 10.8. The molecule has 124 valence electrons. The second kappa shape index (κ2) is 7.39. The van der Waals surface area contributed by atoms with Gasteiger partial charge in [0.2, 0.25) is 0 Å². The maximum Gasteiger partial charge on any atom is 0.138 e. The number of nitrogens with zero attached hydrogens (tertiary/aromatic N) is 2. The third-order valence-electron chi connectivity index (χ3n) is 3.66. The number of benzene rings is 1. The molecule has 0 spiro atoms. The van der Waals surface area contributed by atoms with Crippen LogP contribution in [0.3, 0.4) is 0 Å². The molecule has 1 N–H and O–H groups in total. The minimum atomic E-state index is -0.880. The van der Waals surface area contributed by atoms with Gasteiger partial charge in [0, 0.05) is 17.4 Å². The maximum absolute atomic E-state index is 10.9. The van der Waals surface area contributed by atoms with Crippen LogP contribution in [0.15, 0.2) is 49.6 Å². The lowest BCUT2D eigenvalue weighted by Crippen LogP contribution is -2.46. The van der Waals surface area contributed by atoms with Crippen LogP contribution in [0.5, 0.6) is 5.75 Å². The van der Waals surface area contributed by atoms with Crippen LogP contribution in [0.2, 0.25) is 10.0 Å². The van der Waals surface area contributed by atoms with Gasteiger partial charge in [-0.1, -0.05) is 29.3 Å². The van der Waals surface area contributed by atoms with E-state index < -0.39 is 11.7 Å². The van der Waals surface area contributed by atoms with Gasteiger partial charge >= 0.3 is 0 Å². The number of hydrogen-bond donors (Lipinski definition) is 1. The lowest BCUT2D eigenvalue weighted by Gasteiger charge is -2.36. The zero-order valence-corrected chi connectivity index (χ0v) is 14.6. The summed E-state index contributed by atoms with van der Waals surface area (Å²) in [5.41, 5.74) is -0.880. The van der Waals surface area contributed by atoms with Crippen LogP contribution < -0.4 is 4.74 Å². The molecule has 23 heavy (non-hydrogen) atoms. The Hall–Kier alpha value is -1.49. The maximum atomic E-state index is 10.9. The number of aromatic nitrogens is 2. The van der Waals surface area contributed by atoms with E-state index in [1.54, 1.807) is 36.8 Å². The molecule has 2 atom stereocenters. The fraction of sp³-hybridized carbons (Fsp3) is 0.353. The standard InChI is InChI=1S/C17H20Cl2N2O2/c1-4-5-14(21-9-8-20-11-21)16(22)17(2,3)23-15-7-6-12(18)10-13(15)19/h4,6-11,14,16,22H,1,5H2,2-3H3. The first kappa shape index (κ1) is 17.9. The number of ether oxygens (including phenoxy) is 1. The summed E-state index contributed by atoms with van der Waals surface area (Å²) in [5, 5.41) is 11.8. The molecule has 4 nitrogen and oxygen atoms in total. The zero-order chi connectivity index (χ0) is 17.0. The first-order valence-corrected chi connectivity index (χ1v) is 8.01. The van der Waals surface area contributed by atoms with E-state index in [1.165, 1.54) is 0 Å². The molecule has 0 bridgehead atoms. The van der Waals surface area contributed by atoms with Crippen LogP contribution in [0.1, 0.15) is 26.3 Å². The summed E-state index contributed by atoms with van der Waals surface area (Å²) in [6.07, 6.45) is 6.69. The topological polar surface area (TPSA) is 47.3 Å². The third-order valence-corrected chi connectivity index (χ3v) is 4.19. The molecule has 6 heteroatoms. The Labute approximate surface area is 146 Å². The average Bonchev–Trinajstić information content (AvgIpc) is 3.01. The van der Waals surface area contributed by atoms with Gasteiger partial charge < -0.3 is 14.4 Å². The molecule has 1 heterocycles.